The minimum absolute atomic E-state index is 0.0286. The summed E-state index contributed by atoms with van der Waals surface area (Å²) in [4.78, 5) is 21.1. The molecule has 0 unspecified atom stereocenters. The Bertz CT molecular complexity index is 952. The fourth-order valence-electron chi connectivity index (χ4n) is 3.03. The first-order chi connectivity index (χ1) is 14.3. The lowest BCUT2D eigenvalue weighted by atomic mass is 10.2. The molecule has 30 heavy (non-hydrogen) atoms. The molecule has 2 heterocycles. The predicted molar refractivity (Wildman–Crippen MR) is 119 cm³/mol. The van der Waals surface area contributed by atoms with Gasteiger partial charge < -0.3 is 25.6 Å². The van der Waals surface area contributed by atoms with Crippen LogP contribution in [0.2, 0.25) is 0 Å². The molecule has 3 rings (SSSR count). The molecular weight excluding hydrogens is 382 g/mol. The zero-order valence-electron chi connectivity index (χ0n) is 18.1. The van der Waals surface area contributed by atoms with Crippen LogP contribution in [0.3, 0.4) is 0 Å². The Morgan fingerprint density at radius 3 is 2.77 bits per heavy atom. The van der Waals surface area contributed by atoms with Crippen molar-refractivity contribution < 1.29 is 9.53 Å². The molecule has 1 saturated carbocycles. The van der Waals surface area contributed by atoms with Crippen molar-refractivity contribution in [2.45, 2.75) is 51.7 Å². The van der Waals surface area contributed by atoms with Gasteiger partial charge in [-0.05, 0) is 58.2 Å². The van der Waals surface area contributed by atoms with Crippen molar-refractivity contribution in [3.63, 3.8) is 0 Å². The number of imidazole rings is 1. The van der Waals surface area contributed by atoms with Crippen LogP contribution in [0.25, 0.3) is 5.65 Å². The summed E-state index contributed by atoms with van der Waals surface area (Å²) in [7, 11) is 1.93. The Hall–Kier alpha value is -2.94. The first kappa shape index (κ1) is 21.8. The molecule has 2 aromatic heterocycles. The van der Waals surface area contributed by atoms with E-state index in [4.69, 9.17) is 15.6 Å². The fraction of sp³-hybridized carbons (Fsp3) is 0.524. The lowest BCUT2D eigenvalue weighted by Gasteiger charge is -2.18. The second-order valence-corrected chi connectivity index (χ2v) is 8.44. The number of nitrogens with one attached hydrogen (secondary N) is 2. The number of pyridine rings is 1. The molecular formula is C21H31N7O2. The van der Waals surface area contributed by atoms with Gasteiger partial charge in [0.15, 0.2) is 11.4 Å². The number of carbonyl (C=O) groups is 1. The van der Waals surface area contributed by atoms with Crippen LogP contribution >= 0.6 is 0 Å². The van der Waals surface area contributed by atoms with Gasteiger partial charge in [0.05, 0.1) is 24.1 Å². The molecule has 0 spiro atoms. The molecule has 0 aromatic carbocycles. The number of nitrogens with two attached hydrogens (primary N) is 1. The number of hydrogen-bond acceptors (Lipinski definition) is 8. The van der Waals surface area contributed by atoms with Gasteiger partial charge in [-0.1, -0.05) is 0 Å². The third-order valence-electron chi connectivity index (χ3n) is 4.58. The molecule has 0 aliphatic heterocycles. The molecule has 1 aliphatic rings. The Morgan fingerprint density at radius 1 is 1.37 bits per heavy atom. The van der Waals surface area contributed by atoms with Crippen molar-refractivity contribution in [1.82, 2.24) is 14.7 Å². The number of anilines is 1. The quantitative estimate of drug-likeness (QED) is 0.190. The van der Waals surface area contributed by atoms with Crippen molar-refractivity contribution in [2.75, 3.05) is 25.5 Å². The van der Waals surface area contributed by atoms with E-state index in [-0.39, 0.29) is 5.71 Å². The molecule has 0 bridgehead atoms. The average molecular weight is 414 g/mol. The minimum Gasteiger partial charge on any atom is -0.455 e. The van der Waals surface area contributed by atoms with E-state index >= 15 is 0 Å². The maximum absolute atomic E-state index is 12.1. The second-order valence-electron chi connectivity index (χ2n) is 8.44. The molecule has 162 valence electrons. The molecule has 4 N–H and O–H groups in total. The molecule has 0 amide bonds. The number of carbonyl (C=O) groups excluding carboxylic acids is 1. The first-order valence-corrected chi connectivity index (χ1v) is 10.2. The summed E-state index contributed by atoms with van der Waals surface area (Å²) in [5.74, 6) is 5.36. The number of hydrazone groups is 1. The summed E-state index contributed by atoms with van der Waals surface area (Å²) in [6, 6.07) is 2.20. The summed E-state index contributed by atoms with van der Waals surface area (Å²) in [5.41, 5.74) is 3.33. The fourth-order valence-corrected chi connectivity index (χ4v) is 3.03. The summed E-state index contributed by atoms with van der Waals surface area (Å²) in [5, 5.41) is 10.1. The number of rotatable bonds is 9. The van der Waals surface area contributed by atoms with Crippen LogP contribution in [0.5, 0.6) is 0 Å². The summed E-state index contributed by atoms with van der Waals surface area (Å²) in [6.45, 7) is 7.33. The maximum atomic E-state index is 12.1. The number of aliphatic imine (C=N–C) groups is 1. The Kier molecular flexibility index (Phi) is 6.71. The van der Waals surface area contributed by atoms with Gasteiger partial charge in [-0.15, -0.1) is 0 Å². The van der Waals surface area contributed by atoms with E-state index in [1.807, 2.05) is 17.6 Å². The van der Waals surface area contributed by atoms with Crippen molar-refractivity contribution in [1.29, 1.82) is 0 Å². The number of fused-ring (bicyclic) bond motifs is 1. The van der Waals surface area contributed by atoms with Gasteiger partial charge in [-0.2, -0.15) is 5.10 Å². The van der Waals surface area contributed by atoms with Crippen molar-refractivity contribution in [3.8, 4) is 0 Å². The largest absolute Gasteiger partial charge is 0.455 e. The second kappa shape index (κ2) is 9.25. The van der Waals surface area contributed by atoms with Crippen LogP contribution in [0.4, 0.5) is 5.69 Å². The number of likely N-dealkylation sites (N-methyl/N-ethyl adjacent to an activating group) is 1. The number of nitrogens with zero attached hydrogens (tertiary/aromatic N) is 4. The third kappa shape index (κ3) is 5.79. The standard InChI is InChI=1S/C21H31N7O2/c1-21(2,3)30-20(29)18(27-22)11-24-10-16-13-28-12-15(14-5-6-14)9-17(19(28)26-16)25-8-7-23-4/h9,11-14,23,25H,5-8,10,22H2,1-4H3/b24-11?,27-18+. The van der Waals surface area contributed by atoms with Gasteiger partial charge >= 0.3 is 5.97 Å². The number of aromatic nitrogens is 2. The van der Waals surface area contributed by atoms with E-state index in [0.29, 0.717) is 12.5 Å². The van der Waals surface area contributed by atoms with Crippen LogP contribution in [0.15, 0.2) is 28.6 Å². The van der Waals surface area contributed by atoms with E-state index in [2.05, 4.69) is 33.0 Å². The van der Waals surface area contributed by atoms with Gasteiger partial charge in [-0.25, -0.2) is 9.78 Å². The zero-order chi connectivity index (χ0) is 21.7. The first-order valence-electron chi connectivity index (χ1n) is 10.2. The topological polar surface area (TPSA) is 118 Å². The summed E-state index contributed by atoms with van der Waals surface area (Å²) < 4.78 is 7.32. The lowest BCUT2D eigenvalue weighted by molar-refractivity contribution is -0.145. The molecule has 1 aliphatic carbocycles. The Balaban J connectivity index is 1.75. The summed E-state index contributed by atoms with van der Waals surface area (Å²) in [6.07, 6.45) is 7.91. The maximum Gasteiger partial charge on any atom is 0.360 e. The minimum atomic E-state index is -0.627. The van der Waals surface area contributed by atoms with Crippen LogP contribution < -0.4 is 16.5 Å². The molecule has 0 atom stereocenters. The monoisotopic (exact) mass is 413 g/mol. The molecule has 9 nitrogen and oxygen atoms in total. The Labute approximate surface area is 176 Å². The highest BCUT2D eigenvalue weighted by molar-refractivity contribution is 6.59. The molecule has 0 saturated heterocycles. The summed E-state index contributed by atoms with van der Waals surface area (Å²) >= 11 is 0. The number of ether oxygens (including phenoxy) is 1. The van der Waals surface area contributed by atoms with Gasteiger partial charge in [-0.3, -0.25) is 4.99 Å². The van der Waals surface area contributed by atoms with E-state index in [1.54, 1.807) is 20.8 Å². The Morgan fingerprint density at radius 2 is 2.13 bits per heavy atom. The zero-order valence-corrected chi connectivity index (χ0v) is 18.1. The van der Waals surface area contributed by atoms with Crippen LogP contribution in [0, 0.1) is 0 Å². The lowest BCUT2D eigenvalue weighted by Crippen LogP contribution is -2.30. The predicted octanol–water partition coefficient (Wildman–Crippen LogP) is 2.07. The highest BCUT2D eigenvalue weighted by atomic mass is 16.6. The van der Waals surface area contributed by atoms with Crippen molar-refractivity contribution >= 4 is 29.2 Å². The van der Waals surface area contributed by atoms with Gasteiger partial charge in [0.1, 0.15) is 5.60 Å². The number of esters is 1. The van der Waals surface area contributed by atoms with Crippen LogP contribution in [-0.4, -0.2) is 53.0 Å². The van der Waals surface area contributed by atoms with E-state index in [1.165, 1.54) is 24.6 Å². The van der Waals surface area contributed by atoms with Crippen molar-refractivity contribution in [2.24, 2.45) is 15.9 Å². The van der Waals surface area contributed by atoms with Crippen LogP contribution in [-0.2, 0) is 16.1 Å². The van der Waals surface area contributed by atoms with Gasteiger partial charge in [0, 0.05) is 25.5 Å². The van der Waals surface area contributed by atoms with Gasteiger partial charge in [0.25, 0.3) is 0 Å². The molecule has 9 heteroatoms. The smallest absolute Gasteiger partial charge is 0.360 e. The van der Waals surface area contributed by atoms with E-state index in [9.17, 15) is 4.79 Å². The SMILES string of the molecule is CNCCNc1cc(C2CC2)cn2cc(CN=C/C(=N\N)C(=O)OC(C)(C)C)nc12. The van der Waals surface area contributed by atoms with Crippen LogP contribution in [0.1, 0.15) is 50.8 Å². The normalized spacial score (nSPS) is 15.1. The number of hydrogen-bond donors (Lipinski definition) is 3. The molecule has 0 radical (unpaired) electrons. The van der Waals surface area contributed by atoms with E-state index < -0.39 is 11.6 Å². The van der Waals surface area contributed by atoms with E-state index in [0.717, 1.165) is 30.1 Å². The molecule has 1 fully saturated rings. The van der Waals surface area contributed by atoms with Crippen molar-refractivity contribution in [3.05, 3.63) is 29.7 Å². The third-order valence-corrected chi connectivity index (χ3v) is 4.58. The highest BCUT2D eigenvalue weighted by Crippen LogP contribution is 2.41. The molecule has 2 aromatic rings. The average Bonchev–Trinajstić information content (AvgIpc) is 3.44. The highest BCUT2D eigenvalue weighted by Gasteiger charge is 2.25. The van der Waals surface area contributed by atoms with Gasteiger partial charge in [0.2, 0.25) is 0 Å².